The molecule has 2 rings (SSSR count). The molecule has 0 heterocycles. The predicted molar refractivity (Wildman–Crippen MR) is 76.1 cm³/mol. The minimum atomic E-state index is -0.0478. The summed E-state index contributed by atoms with van der Waals surface area (Å²) in [7, 11) is 0. The van der Waals surface area contributed by atoms with Gasteiger partial charge in [-0.05, 0) is 35.6 Å². The molecule has 1 aromatic rings. The van der Waals surface area contributed by atoms with Crippen molar-refractivity contribution >= 4 is 17.7 Å². The Morgan fingerprint density at radius 2 is 2.28 bits per heavy atom. The molecule has 18 heavy (non-hydrogen) atoms. The second kappa shape index (κ2) is 6.83. The third-order valence-electron chi connectivity index (χ3n) is 3.36. The summed E-state index contributed by atoms with van der Waals surface area (Å²) >= 11 is 1.80. The van der Waals surface area contributed by atoms with Crippen LogP contribution in [0.1, 0.15) is 36.8 Å². The maximum Gasteiger partial charge on any atom is 0.306 e. The lowest BCUT2D eigenvalue weighted by atomic mass is 9.98. The standard InChI is InChI=1S/C15H20O2S/c1-2-18-10-9-17-15(16)11-13-8-7-12-5-3-4-6-14(12)13/h3-6,13H,2,7-11H2,1H3. The molecule has 1 aromatic carbocycles. The number of aryl methyl sites for hydroxylation is 1. The monoisotopic (exact) mass is 264 g/mol. The Hall–Kier alpha value is -0.960. The van der Waals surface area contributed by atoms with E-state index in [0.717, 1.165) is 24.3 Å². The van der Waals surface area contributed by atoms with Crippen molar-refractivity contribution in [3.05, 3.63) is 35.4 Å². The van der Waals surface area contributed by atoms with E-state index in [1.165, 1.54) is 11.1 Å². The van der Waals surface area contributed by atoms with Crippen LogP contribution in [0.4, 0.5) is 0 Å². The number of carbonyl (C=O) groups excluding carboxylic acids is 1. The lowest BCUT2D eigenvalue weighted by Gasteiger charge is -2.11. The molecule has 1 unspecified atom stereocenters. The van der Waals surface area contributed by atoms with Crippen LogP contribution in [0.15, 0.2) is 24.3 Å². The van der Waals surface area contributed by atoms with E-state index in [1.54, 1.807) is 11.8 Å². The number of fused-ring (bicyclic) bond motifs is 1. The largest absolute Gasteiger partial charge is 0.465 e. The van der Waals surface area contributed by atoms with E-state index in [4.69, 9.17) is 4.74 Å². The highest BCUT2D eigenvalue weighted by molar-refractivity contribution is 7.99. The topological polar surface area (TPSA) is 26.3 Å². The molecular formula is C15H20O2S. The SMILES string of the molecule is CCSCCOC(=O)CC1CCc2ccccc21. The zero-order chi connectivity index (χ0) is 12.8. The van der Waals surface area contributed by atoms with Crippen LogP contribution in [0, 0.1) is 0 Å². The van der Waals surface area contributed by atoms with Crippen molar-refractivity contribution in [3.8, 4) is 0 Å². The number of hydrogen-bond donors (Lipinski definition) is 0. The van der Waals surface area contributed by atoms with Gasteiger partial charge < -0.3 is 4.74 Å². The van der Waals surface area contributed by atoms with Gasteiger partial charge in [-0.25, -0.2) is 0 Å². The molecule has 98 valence electrons. The number of rotatable bonds is 6. The Kier molecular flexibility index (Phi) is 5.12. The van der Waals surface area contributed by atoms with E-state index >= 15 is 0 Å². The summed E-state index contributed by atoms with van der Waals surface area (Å²) in [6.07, 6.45) is 2.71. The van der Waals surface area contributed by atoms with Crippen LogP contribution in [-0.4, -0.2) is 24.1 Å². The molecule has 0 spiro atoms. The van der Waals surface area contributed by atoms with Gasteiger partial charge >= 0.3 is 5.97 Å². The van der Waals surface area contributed by atoms with E-state index in [0.29, 0.717) is 18.9 Å². The summed E-state index contributed by atoms with van der Waals surface area (Å²) in [5.41, 5.74) is 2.74. The molecule has 0 aromatic heterocycles. The molecule has 1 atom stereocenters. The van der Waals surface area contributed by atoms with Gasteiger partial charge in [-0.15, -0.1) is 0 Å². The lowest BCUT2D eigenvalue weighted by Crippen LogP contribution is -2.11. The Morgan fingerprint density at radius 1 is 1.44 bits per heavy atom. The van der Waals surface area contributed by atoms with E-state index in [2.05, 4.69) is 31.2 Å². The zero-order valence-corrected chi connectivity index (χ0v) is 11.7. The predicted octanol–water partition coefficient (Wildman–Crippen LogP) is 3.40. The fourth-order valence-corrected chi connectivity index (χ4v) is 2.97. The number of hydrogen-bond acceptors (Lipinski definition) is 3. The van der Waals surface area contributed by atoms with Crippen LogP contribution in [0.5, 0.6) is 0 Å². The van der Waals surface area contributed by atoms with E-state index < -0.39 is 0 Å². The van der Waals surface area contributed by atoms with Gasteiger partial charge in [0.05, 0.1) is 6.42 Å². The lowest BCUT2D eigenvalue weighted by molar-refractivity contribution is -0.143. The van der Waals surface area contributed by atoms with Crippen LogP contribution < -0.4 is 0 Å². The molecular weight excluding hydrogens is 244 g/mol. The van der Waals surface area contributed by atoms with Crippen LogP contribution in [0.25, 0.3) is 0 Å². The second-order valence-electron chi connectivity index (χ2n) is 4.56. The molecule has 2 nitrogen and oxygen atoms in total. The first kappa shape index (κ1) is 13.5. The second-order valence-corrected chi connectivity index (χ2v) is 5.95. The first-order valence-corrected chi connectivity index (χ1v) is 7.78. The fourth-order valence-electron chi connectivity index (χ4n) is 2.48. The molecule has 3 heteroatoms. The third kappa shape index (κ3) is 3.52. The molecule has 0 amide bonds. The van der Waals surface area contributed by atoms with Gasteiger partial charge in [0, 0.05) is 5.75 Å². The number of carbonyl (C=O) groups is 1. The van der Waals surface area contributed by atoms with Gasteiger partial charge in [-0.3, -0.25) is 4.79 Å². The Bertz CT molecular complexity index is 403. The van der Waals surface area contributed by atoms with Gasteiger partial charge in [-0.2, -0.15) is 11.8 Å². The molecule has 0 fully saturated rings. The molecule has 0 aliphatic heterocycles. The maximum absolute atomic E-state index is 11.7. The number of thioether (sulfide) groups is 1. The normalized spacial score (nSPS) is 17.5. The molecule has 1 aliphatic carbocycles. The van der Waals surface area contributed by atoms with Crippen LogP contribution in [-0.2, 0) is 16.0 Å². The van der Waals surface area contributed by atoms with E-state index in [-0.39, 0.29) is 5.97 Å². The Morgan fingerprint density at radius 3 is 3.11 bits per heavy atom. The van der Waals surface area contributed by atoms with Gasteiger partial charge in [0.25, 0.3) is 0 Å². The van der Waals surface area contributed by atoms with Crippen LogP contribution >= 0.6 is 11.8 Å². The highest BCUT2D eigenvalue weighted by Crippen LogP contribution is 2.35. The molecule has 1 aliphatic rings. The summed E-state index contributed by atoms with van der Waals surface area (Å²) in [5, 5.41) is 0. The summed E-state index contributed by atoms with van der Waals surface area (Å²) in [4.78, 5) is 11.7. The first-order chi connectivity index (χ1) is 8.81. The van der Waals surface area contributed by atoms with Crippen molar-refractivity contribution < 1.29 is 9.53 Å². The van der Waals surface area contributed by atoms with Gasteiger partial charge in [0.1, 0.15) is 6.61 Å². The number of ether oxygens (including phenoxy) is 1. The van der Waals surface area contributed by atoms with Crippen molar-refractivity contribution in [2.75, 3.05) is 18.1 Å². The van der Waals surface area contributed by atoms with Crippen molar-refractivity contribution in [1.82, 2.24) is 0 Å². The number of benzene rings is 1. The third-order valence-corrected chi connectivity index (χ3v) is 4.23. The summed E-state index contributed by atoms with van der Waals surface area (Å²) in [6, 6.07) is 8.44. The van der Waals surface area contributed by atoms with Crippen molar-refractivity contribution in [2.24, 2.45) is 0 Å². The van der Waals surface area contributed by atoms with Gasteiger partial charge in [0.15, 0.2) is 0 Å². The summed E-state index contributed by atoms with van der Waals surface area (Å²) in [5.74, 6) is 2.30. The molecule has 0 N–H and O–H groups in total. The fraction of sp³-hybridized carbons (Fsp3) is 0.533. The number of esters is 1. The molecule has 0 radical (unpaired) electrons. The minimum Gasteiger partial charge on any atom is -0.465 e. The molecule has 0 saturated heterocycles. The highest BCUT2D eigenvalue weighted by atomic mass is 32.2. The maximum atomic E-state index is 11.7. The minimum absolute atomic E-state index is 0.0478. The average molecular weight is 264 g/mol. The summed E-state index contributed by atoms with van der Waals surface area (Å²) < 4.78 is 5.26. The van der Waals surface area contributed by atoms with Crippen molar-refractivity contribution in [2.45, 2.75) is 32.1 Å². The molecule has 0 bridgehead atoms. The zero-order valence-electron chi connectivity index (χ0n) is 10.9. The first-order valence-electron chi connectivity index (χ1n) is 6.62. The van der Waals surface area contributed by atoms with E-state index in [1.807, 2.05) is 0 Å². The average Bonchev–Trinajstić information content (AvgIpc) is 2.78. The van der Waals surface area contributed by atoms with Crippen molar-refractivity contribution in [3.63, 3.8) is 0 Å². The summed E-state index contributed by atoms with van der Waals surface area (Å²) in [6.45, 7) is 2.66. The smallest absolute Gasteiger partial charge is 0.306 e. The van der Waals surface area contributed by atoms with Crippen LogP contribution in [0.3, 0.4) is 0 Å². The van der Waals surface area contributed by atoms with Crippen LogP contribution in [0.2, 0.25) is 0 Å². The highest BCUT2D eigenvalue weighted by Gasteiger charge is 2.24. The Labute approximate surface area is 113 Å². The quantitative estimate of drug-likeness (QED) is 0.582. The van der Waals surface area contributed by atoms with E-state index in [9.17, 15) is 4.79 Å². The van der Waals surface area contributed by atoms with Gasteiger partial charge in [0.2, 0.25) is 0 Å². The van der Waals surface area contributed by atoms with Crippen molar-refractivity contribution in [1.29, 1.82) is 0 Å². The van der Waals surface area contributed by atoms with Gasteiger partial charge in [-0.1, -0.05) is 31.2 Å². The Balaban J connectivity index is 1.79. The molecule has 0 saturated carbocycles.